The number of aryl methyl sites for hydroxylation is 2. The molecule has 6 heteroatoms. The van der Waals surface area contributed by atoms with Gasteiger partial charge in [0.25, 0.3) is 0 Å². The quantitative estimate of drug-likeness (QED) is 0.599. The van der Waals surface area contributed by atoms with Gasteiger partial charge in [-0.1, -0.05) is 26.7 Å². The van der Waals surface area contributed by atoms with E-state index < -0.39 is 0 Å². The second-order valence-corrected chi connectivity index (χ2v) is 4.61. The van der Waals surface area contributed by atoms with Gasteiger partial charge < -0.3 is 5.32 Å². The molecule has 0 aliphatic heterocycles. The van der Waals surface area contributed by atoms with Crippen LogP contribution >= 0.6 is 0 Å². The van der Waals surface area contributed by atoms with Crippen LogP contribution in [0, 0.1) is 10.1 Å². The van der Waals surface area contributed by atoms with Crippen molar-refractivity contribution in [3.63, 3.8) is 0 Å². The molecule has 0 fully saturated rings. The highest BCUT2D eigenvalue weighted by Crippen LogP contribution is 2.29. The van der Waals surface area contributed by atoms with Crippen LogP contribution in [0.3, 0.4) is 0 Å². The Kier molecular flexibility index (Phi) is 5.12. The Morgan fingerprint density at radius 2 is 2.11 bits per heavy atom. The van der Waals surface area contributed by atoms with E-state index in [1.54, 1.807) is 11.7 Å². The molecule has 1 unspecified atom stereocenters. The maximum absolute atomic E-state index is 11.2. The van der Waals surface area contributed by atoms with Gasteiger partial charge >= 0.3 is 5.69 Å². The van der Waals surface area contributed by atoms with Gasteiger partial charge in [-0.2, -0.15) is 5.10 Å². The summed E-state index contributed by atoms with van der Waals surface area (Å²) in [7, 11) is 1.74. The first-order chi connectivity index (χ1) is 8.51. The van der Waals surface area contributed by atoms with E-state index in [-0.39, 0.29) is 16.7 Å². The van der Waals surface area contributed by atoms with Crippen molar-refractivity contribution in [1.82, 2.24) is 9.78 Å². The van der Waals surface area contributed by atoms with Crippen LogP contribution in [0.5, 0.6) is 0 Å². The summed E-state index contributed by atoms with van der Waals surface area (Å²) in [5.41, 5.74) is 0.693. The monoisotopic (exact) mass is 254 g/mol. The number of hydrogen-bond donors (Lipinski definition) is 1. The van der Waals surface area contributed by atoms with Gasteiger partial charge in [-0.3, -0.25) is 10.1 Å². The second-order valence-electron chi connectivity index (χ2n) is 4.61. The van der Waals surface area contributed by atoms with Crippen LogP contribution in [-0.4, -0.2) is 20.7 Å². The Bertz CT molecular complexity index is 414. The van der Waals surface area contributed by atoms with Crippen LogP contribution in [0.2, 0.25) is 0 Å². The molecule has 1 rings (SSSR count). The number of anilines is 1. The number of nitro groups is 1. The van der Waals surface area contributed by atoms with Gasteiger partial charge in [-0.25, -0.2) is 4.68 Å². The largest absolute Gasteiger partial charge is 0.362 e. The van der Waals surface area contributed by atoms with E-state index in [0.29, 0.717) is 17.9 Å². The molecular weight excluding hydrogens is 232 g/mol. The van der Waals surface area contributed by atoms with Crippen LogP contribution in [0.25, 0.3) is 0 Å². The molecule has 1 heterocycles. The van der Waals surface area contributed by atoms with E-state index in [2.05, 4.69) is 17.3 Å². The summed E-state index contributed by atoms with van der Waals surface area (Å²) in [5.74, 6) is 0.518. The van der Waals surface area contributed by atoms with E-state index in [1.165, 1.54) is 0 Å². The van der Waals surface area contributed by atoms with E-state index in [1.807, 2.05) is 13.8 Å². The summed E-state index contributed by atoms with van der Waals surface area (Å²) in [4.78, 5) is 10.8. The highest BCUT2D eigenvalue weighted by Gasteiger charge is 2.26. The fourth-order valence-electron chi connectivity index (χ4n) is 2.07. The summed E-state index contributed by atoms with van der Waals surface area (Å²) in [6.45, 7) is 6.11. The molecule has 1 aromatic rings. The molecule has 0 bridgehead atoms. The summed E-state index contributed by atoms with van der Waals surface area (Å²) in [5, 5.41) is 18.6. The normalized spacial score (nSPS) is 12.4. The number of hydrogen-bond acceptors (Lipinski definition) is 4. The molecule has 0 saturated heterocycles. The lowest BCUT2D eigenvalue weighted by atomic mass is 10.2. The predicted octanol–water partition coefficient (Wildman–Crippen LogP) is 2.88. The molecule has 1 N–H and O–H groups in total. The van der Waals surface area contributed by atoms with E-state index in [9.17, 15) is 10.1 Å². The highest BCUT2D eigenvalue weighted by atomic mass is 16.6. The minimum absolute atomic E-state index is 0.127. The zero-order valence-electron chi connectivity index (χ0n) is 11.6. The lowest BCUT2D eigenvalue weighted by Gasteiger charge is -2.13. The maximum atomic E-state index is 11.2. The van der Waals surface area contributed by atoms with Crippen LogP contribution < -0.4 is 5.32 Å². The Hall–Kier alpha value is -1.59. The smallest absolute Gasteiger partial charge is 0.333 e. The highest BCUT2D eigenvalue weighted by molar-refractivity contribution is 5.60. The Balaban J connectivity index is 3.05. The number of nitrogens with zero attached hydrogens (tertiary/aromatic N) is 3. The lowest BCUT2D eigenvalue weighted by molar-refractivity contribution is -0.384. The maximum Gasteiger partial charge on any atom is 0.333 e. The molecule has 1 aromatic heterocycles. The van der Waals surface area contributed by atoms with Crippen molar-refractivity contribution in [2.75, 3.05) is 5.32 Å². The van der Waals surface area contributed by atoms with Crippen LogP contribution in [0.1, 0.15) is 45.7 Å². The van der Waals surface area contributed by atoms with Gasteiger partial charge in [0.15, 0.2) is 0 Å². The summed E-state index contributed by atoms with van der Waals surface area (Å²) < 4.78 is 1.58. The van der Waals surface area contributed by atoms with Gasteiger partial charge in [0.1, 0.15) is 5.69 Å². The van der Waals surface area contributed by atoms with Crippen molar-refractivity contribution >= 4 is 11.5 Å². The molecule has 0 radical (unpaired) electrons. The Morgan fingerprint density at radius 1 is 1.44 bits per heavy atom. The SMILES string of the molecule is CCCc1nn(C)c(NC(C)CCC)c1[N+](=O)[O-]. The number of rotatable bonds is 7. The van der Waals surface area contributed by atoms with Gasteiger partial charge in [0.05, 0.1) is 4.92 Å². The predicted molar refractivity (Wildman–Crippen MR) is 71.9 cm³/mol. The van der Waals surface area contributed by atoms with Gasteiger partial charge in [-0.15, -0.1) is 0 Å². The third kappa shape index (κ3) is 3.21. The van der Waals surface area contributed by atoms with Crippen molar-refractivity contribution in [3.05, 3.63) is 15.8 Å². The molecule has 6 nitrogen and oxygen atoms in total. The third-order valence-corrected chi connectivity index (χ3v) is 2.87. The van der Waals surface area contributed by atoms with Crippen molar-refractivity contribution in [3.8, 4) is 0 Å². The zero-order chi connectivity index (χ0) is 13.7. The van der Waals surface area contributed by atoms with Crippen molar-refractivity contribution in [1.29, 1.82) is 0 Å². The summed E-state index contributed by atoms with van der Waals surface area (Å²) in [6.07, 6.45) is 3.50. The fraction of sp³-hybridized carbons (Fsp3) is 0.750. The zero-order valence-corrected chi connectivity index (χ0v) is 11.6. The fourth-order valence-corrected chi connectivity index (χ4v) is 2.07. The van der Waals surface area contributed by atoms with E-state index >= 15 is 0 Å². The third-order valence-electron chi connectivity index (χ3n) is 2.87. The first-order valence-electron chi connectivity index (χ1n) is 6.48. The van der Waals surface area contributed by atoms with Crippen molar-refractivity contribution in [2.45, 2.75) is 52.5 Å². The van der Waals surface area contributed by atoms with Crippen LogP contribution in [0.4, 0.5) is 11.5 Å². The molecule has 1 atom stereocenters. The molecule has 0 saturated carbocycles. The molecule has 0 aromatic carbocycles. The molecular formula is C12H22N4O2. The Morgan fingerprint density at radius 3 is 2.61 bits per heavy atom. The minimum Gasteiger partial charge on any atom is -0.362 e. The van der Waals surface area contributed by atoms with Gasteiger partial charge in [0.2, 0.25) is 5.82 Å². The molecule has 0 aliphatic carbocycles. The summed E-state index contributed by atoms with van der Waals surface area (Å²) >= 11 is 0. The minimum atomic E-state index is -0.334. The number of aromatic nitrogens is 2. The average molecular weight is 254 g/mol. The molecule has 18 heavy (non-hydrogen) atoms. The lowest BCUT2D eigenvalue weighted by Crippen LogP contribution is -2.17. The first kappa shape index (κ1) is 14.5. The summed E-state index contributed by atoms with van der Waals surface area (Å²) in [6, 6.07) is 0.207. The van der Waals surface area contributed by atoms with E-state index in [0.717, 1.165) is 19.3 Å². The van der Waals surface area contributed by atoms with Crippen LogP contribution in [0.15, 0.2) is 0 Å². The second kappa shape index (κ2) is 6.37. The Labute approximate surface area is 108 Å². The standard InChI is InChI=1S/C12H22N4O2/c1-5-7-9(3)13-12-11(16(17)18)10(8-6-2)14-15(12)4/h9,13H,5-8H2,1-4H3. The van der Waals surface area contributed by atoms with Crippen LogP contribution in [-0.2, 0) is 13.5 Å². The molecule has 0 amide bonds. The number of nitrogens with one attached hydrogen (secondary N) is 1. The van der Waals surface area contributed by atoms with Crippen molar-refractivity contribution in [2.24, 2.45) is 7.05 Å². The molecule has 102 valence electrons. The topological polar surface area (TPSA) is 73.0 Å². The van der Waals surface area contributed by atoms with Crippen molar-refractivity contribution < 1.29 is 4.92 Å². The van der Waals surface area contributed by atoms with Gasteiger partial charge in [0, 0.05) is 13.1 Å². The molecule has 0 aliphatic rings. The van der Waals surface area contributed by atoms with E-state index in [4.69, 9.17) is 0 Å². The first-order valence-corrected chi connectivity index (χ1v) is 6.48. The van der Waals surface area contributed by atoms with Gasteiger partial charge in [-0.05, 0) is 19.8 Å². The average Bonchev–Trinajstić information content (AvgIpc) is 2.56. The molecule has 0 spiro atoms.